The van der Waals surface area contributed by atoms with Gasteiger partial charge in [0.1, 0.15) is 17.3 Å². The van der Waals surface area contributed by atoms with Crippen molar-refractivity contribution in [2.75, 3.05) is 31.4 Å². The number of methoxy groups -OCH3 is 2. The first kappa shape index (κ1) is 20.2. The summed E-state index contributed by atoms with van der Waals surface area (Å²) in [5, 5.41) is 6.15. The fourth-order valence-electron chi connectivity index (χ4n) is 2.83. The van der Waals surface area contributed by atoms with Crippen LogP contribution in [0.25, 0.3) is 0 Å². The number of hydrogen-bond donors (Lipinski definition) is 2. The average Bonchev–Trinajstić information content (AvgIpc) is 2.76. The van der Waals surface area contributed by atoms with E-state index < -0.39 is 0 Å². The predicted molar refractivity (Wildman–Crippen MR) is 115 cm³/mol. The molecule has 3 aromatic rings. The number of nitrogens with zero attached hydrogens (tertiary/aromatic N) is 1. The van der Waals surface area contributed by atoms with Crippen molar-refractivity contribution in [1.29, 1.82) is 0 Å². The minimum absolute atomic E-state index is 0.0859. The van der Waals surface area contributed by atoms with E-state index in [-0.39, 0.29) is 5.91 Å². The summed E-state index contributed by atoms with van der Waals surface area (Å²) in [6.07, 6.45) is 2.83. The number of nitrogens with one attached hydrogen (secondary N) is 2. The molecule has 0 fully saturated rings. The van der Waals surface area contributed by atoms with Gasteiger partial charge in [-0.25, -0.2) is 4.98 Å². The molecule has 0 spiro atoms. The Morgan fingerprint density at radius 2 is 1.48 bits per heavy atom. The zero-order chi connectivity index (χ0) is 20.5. The van der Waals surface area contributed by atoms with Gasteiger partial charge in [-0.05, 0) is 53.9 Å². The lowest BCUT2D eigenvalue weighted by Gasteiger charge is -2.09. The molecule has 0 saturated carbocycles. The maximum absolute atomic E-state index is 12.2. The van der Waals surface area contributed by atoms with Crippen LogP contribution in [0.4, 0.5) is 11.5 Å². The van der Waals surface area contributed by atoms with Gasteiger partial charge in [0.25, 0.3) is 0 Å². The van der Waals surface area contributed by atoms with Crippen molar-refractivity contribution in [3.63, 3.8) is 0 Å². The molecule has 2 aromatic carbocycles. The van der Waals surface area contributed by atoms with E-state index in [1.807, 2.05) is 48.5 Å². The number of amides is 1. The van der Waals surface area contributed by atoms with Crippen LogP contribution in [-0.2, 0) is 17.6 Å². The highest BCUT2D eigenvalue weighted by molar-refractivity contribution is 5.92. The molecule has 0 aliphatic heterocycles. The number of rotatable bonds is 9. The second-order valence-corrected chi connectivity index (χ2v) is 6.53. The summed E-state index contributed by atoms with van der Waals surface area (Å²) >= 11 is 0. The van der Waals surface area contributed by atoms with Gasteiger partial charge >= 0.3 is 0 Å². The van der Waals surface area contributed by atoms with Gasteiger partial charge in [-0.2, -0.15) is 0 Å². The monoisotopic (exact) mass is 391 g/mol. The topological polar surface area (TPSA) is 72.5 Å². The largest absolute Gasteiger partial charge is 0.497 e. The zero-order valence-corrected chi connectivity index (χ0v) is 16.6. The van der Waals surface area contributed by atoms with Gasteiger partial charge in [0, 0.05) is 6.54 Å². The molecule has 1 aromatic heterocycles. The second-order valence-electron chi connectivity index (χ2n) is 6.53. The zero-order valence-electron chi connectivity index (χ0n) is 16.6. The second kappa shape index (κ2) is 10.1. The van der Waals surface area contributed by atoms with E-state index in [4.69, 9.17) is 9.47 Å². The lowest BCUT2D eigenvalue weighted by atomic mass is 10.1. The van der Waals surface area contributed by atoms with Crippen molar-refractivity contribution < 1.29 is 14.3 Å². The summed E-state index contributed by atoms with van der Waals surface area (Å²) in [7, 11) is 3.28. The van der Waals surface area contributed by atoms with Gasteiger partial charge in [0.05, 0.1) is 32.5 Å². The van der Waals surface area contributed by atoms with E-state index in [9.17, 15) is 4.79 Å². The SMILES string of the molecule is COc1ccc(CCNc2ccc(NC(=O)Cc3ccc(OC)cc3)cn2)cc1. The number of carbonyl (C=O) groups excluding carboxylic acids is 1. The minimum Gasteiger partial charge on any atom is -0.497 e. The Morgan fingerprint density at radius 3 is 2.03 bits per heavy atom. The fraction of sp³-hybridized carbons (Fsp3) is 0.217. The molecule has 29 heavy (non-hydrogen) atoms. The van der Waals surface area contributed by atoms with Crippen LogP contribution in [0.3, 0.4) is 0 Å². The number of pyridine rings is 1. The van der Waals surface area contributed by atoms with E-state index in [1.165, 1.54) is 5.56 Å². The van der Waals surface area contributed by atoms with Crippen molar-refractivity contribution >= 4 is 17.4 Å². The number of hydrogen-bond acceptors (Lipinski definition) is 5. The maximum atomic E-state index is 12.2. The van der Waals surface area contributed by atoms with Gasteiger partial charge in [-0.1, -0.05) is 24.3 Å². The van der Waals surface area contributed by atoms with E-state index in [1.54, 1.807) is 20.4 Å². The Hall–Kier alpha value is -3.54. The quantitative estimate of drug-likeness (QED) is 0.578. The Balaban J connectivity index is 1.44. The van der Waals surface area contributed by atoms with Crippen molar-refractivity contribution in [1.82, 2.24) is 4.98 Å². The van der Waals surface area contributed by atoms with Gasteiger partial charge < -0.3 is 20.1 Å². The average molecular weight is 391 g/mol. The molecule has 0 radical (unpaired) electrons. The fourth-order valence-corrected chi connectivity index (χ4v) is 2.83. The Bertz CT molecular complexity index is 908. The molecule has 0 saturated heterocycles. The normalized spacial score (nSPS) is 10.3. The van der Waals surface area contributed by atoms with Crippen LogP contribution >= 0.6 is 0 Å². The lowest BCUT2D eigenvalue weighted by Crippen LogP contribution is -2.14. The standard InChI is InChI=1S/C23H25N3O3/c1-28-20-8-3-17(4-9-20)13-14-24-22-12-7-19(16-25-22)26-23(27)15-18-5-10-21(29-2)11-6-18/h3-12,16H,13-15H2,1-2H3,(H,24,25)(H,26,27). The van der Waals surface area contributed by atoms with Crippen molar-refractivity contribution in [2.24, 2.45) is 0 Å². The summed E-state index contributed by atoms with van der Waals surface area (Å²) in [5.41, 5.74) is 2.82. The smallest absolute Gasteiger partial charge is 0.228 e. The van der Waals surface area contributed by atoms with Crippen LogP contribution in [0, 0.1) is 0 Å². The Kier molecular flexibility index (Phi) is 7.05. The number of carbonyl (C=O) groups is 1. The van der Waals surface area contributed by atoms with Gasteiger partial charge in [-0.3, -0.25) is 4.79 Å². The molecule has 0 atom stereocenters. The third kappa shape index (κ3) is 6.24. The van der Waals surface area contributed by atoms with Crippen molar-refractivity contribution in [3.05, 3.63) is 78.0 Å². The molecular weight excluding hydrogens is 366 g/mol. The summed E-state index contributed by atoms with van der Waals surface area (Å²) in [6.45, 7) is 0.766. The lowest BCUT2D eigenvalue weighted by molar-refractivity contribution is -0.115. The summed E-state index contributed by atoms with van der Waals surface area (Å²) in [4.78, 5) is 16.6. The van der Waals surface area contributed by atoms with Crippen molar-refractivity contribution in [3.8, 4) is 11.5 Å². The first-order valence-corrected chi connectivity index (χ1v) is 9.42. The van der Waals surface area contributed by atoms with E-state index >= 15 is 0 Å². The van der Waals surface area contributed by atoms with Crippen LogP contribution in [0.5, 0.6) is 11.5 Å². The number of anilines is 2. The summed E-state index contributed by atoms with van der Waals surface area (Å²) in [6, 6.07) is 19.2. The first-order valence-electron chi connectivity index (χ1n) is 9.42. The molecule has 0 bridgehead atoms. The number of aromatic nitrogens is 1. The van der Waals surface area contributed by atoms with Crippen LogP contribution < -0.4 is 20.1 Å². The third-order valence-electron chi connectivity index (χ3n) is 4.45. The van der Waals surface area contributed by atoms with Crippen LogP contribution in [-0.4, -0.2) is 31.7 Å². The van der Waals surface area contributed by atoms with Crippen LogP contribution in [0.15, 0.2) is 66.9 Å². The highest BCUT2D eigenvalue weighted by atomic mass is 16.5. The minimum atomic E-state index is -0.0859. The molecule has 150 valence electrons. The third-order valence-corrected chi connectivity index (χ3v) is 4.45. The van der Waals surface area contributed by atoms with Gasteiger partial charge in [-0.15, -0.1) is 0 Å². The van der Waals surface area contributed by atoms with E-state index in [0.29, 0.717) is 12.1 Å². The van der Waals surface area contributed by atoms with E-state index in [0.717, 1.165) is 35.8 Å². The number of benzene rings is 2. The Labute approximate surface area is 170 Å². The summed E-state index contributed by atoms with van der Waals surface area (Å²) in [5.74, 6) is 2.31. The molecule has 1 amide bonds. The molecule has 3 rings (SSSR count). The highest BCUT2D eigenvalue weighted by Crippen LogP contribution is 2.14. The Morgan fingerprint density at radius 1 is 0.862 bits per heavy atom. The molecule has 6 nitrogen and oxygen atoms in total. The van der Waals surface area contributed by atoms with E-state index in [2.05, 4.69) is 27.8 Å². The molecule has 0 aliphatic rings. The van der Waals surface area contributed by atoms with Crippen molar-refractivity contribution in [2.45, 2.75) is 12.8 Å². The summed E-state index contributed by atoms with van der Waals surface area (Å²) < 4.78 is 10.3. The van der Waals surface area contributed by atoms with Crippen LogP contribution in [0.2, 0.25) is 0 Å². The molecule has 0 unspecified atom stereocenters. The maximum Gasteiger partial charge on any atom is 0.228 e. The first-order chi connectivity index (χ1) is 14.2. The molecule has 2 N–H and O–H groups in total. The van der Waals surface area contributed by atoms with Gasteiger partial charge in [0.2, 0.25) is 5.91 Å². The van der Waals surface area contributed by atoms with Gasteiger partial charge in [0.15, 0.2) is 0 Å². The van der Waals surface area contributed by atoms with Crippen LogP contribution in [0.1, 0.15) is 11.1 Å². The molecule has 6 heteroatoms. The molecular formula is C23H25N3O3. The predicted octanol–water partition coefficient (Wildman–Crippen LogP) is 3.93. The highest BCUT2D eigenvalue weighted by Gasteiger charge is 2.05. The molecule has 0 aliphatic carbocycles. The number of ether oxygens (including phenoxy) is 2. The molecule has 1 heterocycles.